The highest BCUT2D eigenvalue weighted by Gasteiger charge is 2.20. The quantitative estimate of drug-likeness (QED) is 0.623. The number of carbonyl (C=O) groups excluding carboxylic acids is 1. The fourth-order valence-electron chi connectivity index (χ4n) is 2.85. The van der Waals surface area contributed by atoms with Crippen LogP contribution >= 0.6 is 11.8 Å². The molecule has 1 amide bonds. The van der Waals surface area contributed by atoms with E-state index in [1.54, 1.807) is 6.33 Å². The standard InChI is InChI=1S/C21H24N4OS/c1-14(2)18-12-8-9-15(3)19(18)23-20(26)16(4)27-21-24-22-13-25(21)17-10-6-5-7-11-17/h5-14,16H,1-4H3,(H,23,26)/t16-/m1/s1. The largest absolute Gasteiger partial charge is 0.325 e. The summed E-state index contributed by atoms with van der Waals surface area (Å²) in [4.78, 5) is 12.8. The number of carbonyl (C=O) groups is 1. The second kappa shape index (κ2) is 8.39. The highest BCUT2D eigenvalue weighted by Crippen LogP contribution is 2.29. The van der Waals surface area contributed by atoms with Gasteiger partial charge in [-0.3, -0.25) is 9.36 Å². The van der Waals surface area contributed by atoms with Crippen LogP contribution in [0, 0.1) is 6.92 Å². The van der Waals surface area contributed by atoms with E-state index < -0.39 is 0 Å². The lowest BCUT2D eigenvalue weighted by molar-refractivity contribution is -0.115. The Balaban J connectivity index is 1.76. The fraction of sp³-hybridized carbons (Fsp3) is 0.286. The molecular formula is C21H24N4OS. The SMILES string of the molecule is Cc1cccc(C(C)C)c1NC(=O)[C@@H](C)Sc1nncn1-c1ccccc1. The number of amides is 1. The molecule has 0 aliphatic heterocycles. The number of aromatic nitrogens is 3. The van der Waals surface area contributed by atoms with Crippen molar-refractivity contribution >= 4 is 23.4 Å². The molecule has 6 heteroatoms. The summed E-state index contributed by atoms with van der Waals surface area (Å²) in [5, 5.41) is 11.7. The lowest BCUT2D eigenvalue weighted by Crippen LogP contribution is -2.24. The monoisotopic (exact) mass is 380 g/mol. The van der Waals surface area contributed by atoms with Gasteiger partial charge in [-0.05, 0) is 43.0 Å². The van der Waals surface area contributed by atoms with Gasteiger partial charge >= 0.3 is 0 Å². The number of hydrogen-bond donors (Lipinski definition) is 1. The highest BCUT2D eigenvalue weighted by molar-refractivity contribution is 8.00. The molecule has 1 aromatic heterocycles. The van der Waals surface area contributed by atoms with E-state index in [0.29, 0.717) is 11.1 Å². The molecule has 0 saturated carbocycles. The number of nitrogens with zero attached hydrogens (tertiary/aromatic N) is 3. The van der Waals surface area contributed by atoms with E-state index in [4.69, 9.17) is 0 Å². The van der Waals surface area contributed by atoms with Crippen molar-refractivity contribution in [1.82, 2.24) is 14.8 Å². The van der Waals surface area contributed by atoms with Crippen molar-refractivity contribution in [2.24, 2.45) is 0 Å². The number of thioether (sulfide) groups is 1. The summed E-state index contributed by atoms with van der Waals surface area (Å²) in [7, 11) is 0. The van der Waals surface area contributed by atoms with E-state index in [9.17, 15) is 4.79 Å². The maximum Gasteiger partial charge on any atom is 0.237 e. The summed E-state index contributed by atoms with van der Waals surface area (Å²) in [6.07, 6.45) is 1.67. The number of nitrogens with one attached hydrogen (secondary N) is 1. The number of aryl methyl sites for hydroxylation is 1. The van der Waals surface area contributed by atoms with Crippen LogP contribution in [0.1, 0.15) is 37.8 Å². The van der Waals surface area contributed by atoms with E-state index >= 15 is 0 Å². The van der Waals surface area contributed by atoms with Gasteiger partial charge in [-0.2, -0.15) is 0 Å². The van der Waals surface area contributed by atoms with Gasteiger partial charge in [-0.1, -0.05) is 62.0 Å². The lowest BCUT2D eigenvalue weighted by Gasteiger charge is -2.18. The van der Waals surface area contributed by atoms with Crippen LogP contribution in [-0.2, 0) is 4.79 Å². The summed E-state index contributed by atoms with van der Waals surface area (Å²) in [5.41, 5.74) is 4.10. The molecule has 0 spiro atoms. The lowest BCUT2D eigenvalue weighted by atomic mass is 9.98. The number of anilines is 1. The molecule has 0 saturated heterocycles. The first-order valence-corrected chi connectivity index (χ1v) is 9.87. The molecule has 0 unspecified atom stereocenters. The van der Waals surface area contributed by atoms with Crippen LogP contribution in [0.15, 0.2) is 60.0 Å². The Hall–Kier alpha value is -2.60. The normalized spacial score (nSPS) is 12.2. The summed E-state index contributed by atoms with van der Waals surface area (Å²) in [6, 6.07) is 16.0. The molecule has 5 nitrogen and oxygen atoms in total. The van der Waals surface area contributed by atoms with Gasteiger partial charge in [0, 0.05) is 11.4 Å². The number of hydrogen-bond acceptors (Lipinski definition) is 4. The van der Waals surface area contributed by atoms with Crippen molar-refractivity contribution in [3.63, 3.8) is 0 Å². The number of rotatable bonds is 6. The van der Waals surface area contributed by atoms with Gasteiger partial charge in [0.15, 0.2) is 5.16 Å². The van der Waals surface area contributed by atoms with E-state index in [1.165, 1.54) is 11.8 Å². The van der Waals surface area contributed by atoms with Crippen LogP contribution in [0.2, 0.25) is 0 Å². The zero-order chi connectivity index (χ0) is 19.4. The Labute approximate surface area is 164 Å². The van der Waals surface area contributed by atoms with Crippen molar-refractivity contribution in [2.75, 3.05) is 5.32 Å². The highest BCUT2D eigenvalue weighted by atomic mass is 32.2. The van der Waals surface area contributed by atoms with Crippen molar-refractivity contribution in [2.45, 2.75) is 44.0 Å². The Morgan fingerprint density at radius 3 is 2.52 bits per heavy atom. The first kappa shape index (κ1) is 19.2. The van der Waals surface area contributed by atoms with Crippen LogP contribution in [0.3, 0.4) is 0 Å². The summed E-state index contributed by atoms with van der Waals surface area (Å²) >= 11 is 1.40. The third-order valence-corrected chi connectivity index (χ3v) is 5.43. The van der Waals surface area contributed by atoms with Gasteiger partial charge in [0.05, 0.1) is 5.25 Å². The van der Waals surface area contributed by atoms with Gasteiger partial charge < -0.3 is 5.32 Å². The van der Waals surface area contributed by atoms with Crippen LogP contribution < -0.4 is 5.32 Å². The van der Waals surface area contributed by atoms with E-state index in [2.05, 4.69) is 35.4 Å². The second-order valence-electron chi connectivity index (χ2n) is 6.76. The zero-order valence-electron chi connectivity index (χ0n) is 16.0. The second-order valence-corrected chi connectivity index (χ2v) is 8.07. The maximum absolute atomic E-state index is 12.8. The smallest absolute Gasteiger partial charge is 0.237 e. The minimum atomic E-state index is -0.309. The Kier molecular flexibility index (Phi) is 5.96. The zero-order valence-corrected chi connectivity index (χ0v) is 16.8. The molecule has 3 rings (SSSR count). The molecule has 0 aliphatic carbocycles. The van der Waals surface area contributed by atoms with E-state index in [-0.39, 0.29) is 11.2 Å². The number of benzene rings is 2. The van der Waals surface area contributed by atoms with Crippen molar-refractivity contribution in [1.29, 1.82) is 0 Å². The summed E-state index contributed by atoms with van der Waals surface area (Å²) in [6.45, 7) is 8.17. The molecule has 1 heterocycles. The predicted molar refractivity (Wildman–Crippen MR) is 111 cm³/mol. The van der Waals surface area contributed by atoms with Crippen molar-refractivity contribution < 1.29 is 4.79 Å². The van der Waals surface area contributed by atoms with Crippen LogP contribution in [-0.4, -0.2) is 25.9 Å². The molecule has 27 heavy (non-hydrogen) atoms. The minimum absolute atomic E-state index is 0.0428. The Bertz CT molecular complexity index is 921. The minimum Gasteiger partial charge on any atom is -0.325 e. The topological polar surface area (TPSA) is 59.8 Å². The molecule has 0 aliphatic rings. The van der Waals surface area contributed by atoms with Gasteiger partial charge in [0.2, 0.25) is 5.91 Å². The van der Waals surface area contributed by atoms with Gasteiger partial charge in [-0.25, -0.2) is 0 Å². The third-order valence-electron chi connectivity index (χ3n) is 4.38. The summed E-state index contributed by atoms with van der Waals surface area (Å²) < 4.78 is 1.89. The van der Waals surface area contributed by atoms with Crippen molar-refractivity contribution in [3.05, 3.63) is 66.0 Å². The average Bonchev–Trinajstić information content (AvgIpc) is 3.11. The summed E-state index contributed by atoms with van der Waals surface area (Å²) in [5.74, 6) is 0.295. The molecule has 140 valence electrons. The molecule has 1 atom stereocenters. The maximum atomic E-state index is 12.8. The molecular weight excluding hydrogens is 356 g/mol. The van der Waals surface area contributed by atoms with E-state index in [0.717, 1.165) is 22.5 Å². The predicted octanol–water partition coefficient (Wildman–Crippen LogP) is 4.82. The average molecular weight is 381 g/mol. The van der Waals surface area contributed by atoms with Crippen LogP contribution in [0.4, 0.5) is 5.69 Å². The molecule has 0 fully saturated rings. The molecule has 3 aromatic rings. The molecule has 0 bridgehead atoms. The molecule has 1 N–H and O–H groups in total. The van der Waals surface area contributed by atoms with E-state index in [1.807, 2.05) is 60.9 Å². The van der Waals surface area contributed by atoms with Gasteiger partial charge in [-0.15, -0.1) is 10.2 Å². The Morgan fingerprint density at radius 1 is 1.07 bits per heavy atom. The fourth-order valence-corrected chi connectivity index (χ4v) is 3.69. The van der Waals surface area contributed by atoms with Crippen LogP contribution in [0.25, 0.3) is 5.69 Å². The number of para-hydroxylation sites is 2. The Morgan fingerprint density at radius 2 is 1.81 bits per heavy atom. The first-order valence-electron chi connectivity index (χ1n) is 9.00. The van der Waals surface area contributed by atoms with Gasteiger partial charge in [0.1, 0.15) is 6.33 Å². The van der Waals surface area contributed by atoms with Gasteiger partial charge in [0.25, 0.3) is 0 Å². The van der Waals surface area contributed by atoms with Crippen molar-refractivity contribution in [3.8, 4) is 5.69 Å². The van der Waals surface area contributed by atoms with Crippen LogP contribution in [0.5, 0.6) is 0 Å². The first-order chi connectivity index (χ1) is 13.0. The third kappa shape index (κ3) is 4.39. The molecule has 0 radical (unpaired) electrons. The molecule has 2 aromatic carbocycles.